The summed E-state index contributed by atoms with van der Waals surface area (Å²) >= 11 is 0. The van der Waals surface area contributed by atoms with Gasteiger partial charge in [0.25, 0.3) is 0 Å². The van der Waals surface area contributed by atoms with Gasteiger partial charge < -0.3 is 4.42 Å². The fraction of sp³-hybridized carbons (Fsp3) is 0.200. The first-order valence-electron chi connectivity index (χ1n) is 4.55. The van der Waals surface area contributed by atoms with Crippen LogP contribution in [0.3, 0.4) is 0 Å². The van der Waals surface area contributed by atoms with Crippen LogP contribution >= 0.6 is 0 Å². The summed E-state index contributed by atoms with van der Waals surface area (Å²) in [5.74, 6) is -2.36. The minimum atomic E-state index is -4.70. The average Bonchev–Trinajstić information content (AvgIpc) is 2.70. The second-order valence-electron chi connectivity index (χ2n) is 3.37. The molecule has 90 valence electrons. The van der Waals surface area contributed by atoms with E-state index >= 15 is 0 Å². The standard InChI is InChI=1S/C10H6F4N2O/c1-5-2-3-6(4-7(5)11)8-15-16-9(17-8)10(12,13)14/h2-4H,1H3. The number of aryl methyl sites for hydroxylation is 1. The molecule has 0 fully saturated rings. The Morgan fingerprint density at radius 1 is 1.18 bits per heavy atom. The summed E-state index contributed by atoms with van der Waals surface area (Å²) in [6, 6.07) is 3.87. The molecule has 0 unspecified atom stereocenters. The van der Waals surface area contributed by atoms with Crippen LogP contribution in [0.5, 0.6) is 0 Å². The maximum Gasteiger partial charge on any atom is 0.470 e. The van der Waals surface area contributed by atoms with Gasteiger partial charge in [0.1, 0.15) is 5.82 Å². The van der Waals surface area contributed by atoms with E-state index in [0.29, 0.717) is 5.56 Å². The lowest BCUT2D eigenvalue weighted by atomic mass is 10.1. The summed E-state index contributed by atoms with van der Waals surface area (Å²) in [7, 11) is 0. The second-order valence-corrected chi connectivity index (χ2v) is 3.37. The zero-order chi connectivity index (χ0) is 12.6. The first-order valence-corrected chi connectivity index (χ1v) is 4.55. The highest BCUT2D eigenvalue weighted by atomic mass is 19.4. The lowest BCUT2D eigenvalue weighted by Gasteiger charge is -1.99. The second kappa shape index (κ2) is 3.83. The summed E-state index contributed by atoms with van der Waals surface area (Å²) in [6.45, 7) is 1.54. The zero-order valence-electron chi connectivity index (χ0n) is 8.55. The third-order valence-corrected chi connectivity index (χ3v) is 2.09. The summed E-state index contributed by atoms with van der Waals surface area (Å²) in [5, 5.41) is 6.07. The molecule has 1 heterocycles. The number of hydrogen-bond donors (Lipinski definition) is 0. The Morgan fingerprint density at radius 3 is 2.41 bits per heavy atom. The molecular formula is C10H6F4N2O. The molecule has 0 saturated carbocycles. The normalized spacial score (nSPS) is 11.8. The molecule has 1 aromatic heterocycles. The van der Waals surface area contributed by atoms with E-state index in [1.54, 1.807) is 0 Å². The van der Waals surface area contributed by atoms with E-state index in [9.17, 15) is 17.6 Å². The van der Waals surface area contributed by atoms with Crippen molar-refractivity contribution in [2.45, 2.75) is 13.1 Å². The SMILES string of the molecule is Cc1ccc(-c2nnc(C(F)(F)F)o2)cc1F. The number of hydrogen-bond acceptors (Lipinski definition) is 3. The van der Waals surface area contributed by atoms with E-state index in [2.05, 4.69) is 14.6 Å². The number of nitrogens with zero attached hydrogens (tertiary/aromatic N) is 2. The van der Waals surface area contributed by atoms with Gasteiger partial charge in [0.2, 0.25) is 5.89 Å². The highest BCUT2D eigenvalue weighted by Gasteiger charge is 2.38. The molecule has 7 heteroatoms. The highest BCUT2D eigenvalue weighted by molar-refractivity contribution is 5.53. The molecule has 2 aromatic rings. The Bertz CT molecular complexity index is 547. The molecule has 17 heavy (non-hydrogen) atoms. The van der Waals surface area contributed by atoms with Gasteiger partial charge in [-0.3, -0.25) is 0 Å². The fourth-order valence-corrected chi connectivity index (χ4v) is 1.18. The lowest BCUT2D eigenvalue weighted by Crippen LogP contribution is -2.04. The van der Waals surface area contributed by atoms with Crippen molar-refractivity contribution >= 4 is 0 Å². The van der Waals surface area contributed by atoms with Crippen LogP contribution in [0.4, 0.5) is 17.6 Å². The number of alkyl halides is 3. The van der Waals surface area contributed by atoms with Gasteiger partial charge in [-0.2, -0.15) is 13.2 Å². The molecule has 0 N–H and O–H groups in total. The van der Waals surface area contributed by atoms with Gasteiger partial charge in [-0.25, -0.2) is 4.39 Å². The summed E-state index contributed by atoms with van der Waals surface area (Å²) in [6.07, 6.45) is -4.70. The van der Waals surface area contributed by atoms with Gasteiger partial charge in [0, 0.05) is 5.56 Å². The van der Waals surface area contributed by atoms with Crippen molar-refractivity contribution in [3.63, 3.8) is 0 Å². The van der Waals surface area contributed by atoms with Crippen molar-refractivity contribution in [3.05, 3.63) is 35.5 Å². The minimum Gasteiger partial charge on any atom is -0.413 e. The lowest BCUT2D eigenvalue weighted by molar-refractivity contribution is -0.156. The molecule has 0 amide bonds. The van der Waals surface area contributed by atoms with Crippen molar-refractivity contribution in [2.75, 3.05) is 0 Å². The maximum absolute atomic E-state index is 13.2. The van der Waals surface area contributed by atoms with Crippen LogP contribution < -0.4 is 0 Å². The topological polar surface area (TPSA) is 38.9 Å². The third kappa shape index (κ3) is 2.27. The van der Waals surface area contributed by atoms with E-state index in [1.165, 1.54) is 19.1 Å². The highest BCUT2D eigenvalue weighted by Crippen LogP contribution is 2.30. The minimum absolute atomic E-state index is 0.108. The number of aromatic nitrogens is 2. The van der Waals surface area contributed by atoms with Crippen LogP contribution in [-0.2, 0) is 6.18 Å². The van der Waals surface area contributed by atoms with Gasteiger partial charge in [0.05, 0.1) is 0 Å². The fourth-order valence-electron chi connectivity index (χ4n) is 1.18. The molecule has 0 saturated heterocycles. The van der Waals surface area contributed by atoms with Crippen molar-refractivity contribution in [1.29, 1.82) is 0 Å². The molecule has 0 atom stereocenters. The van der Waals surface area contributed by atoms with Gasteiger partial charge in [-0.15, -0.1) is 10.2 Å². The van der Waals surface area contributed by atoms with Gasteiger partial charge in [0.15, 0.2) is 0 Å². The van der Waals surface area contributed by atoms with Crippen molar-refractivity contribution in [2.24, 2.45) is 0 Å². The monoisotopic (exact) mass is 246 g/mol. The number of halogens is 4. The Morgan fingerprint density at radius 2 is 1.88 bits per heavy atom. The molecule has 0 spiro atoms. The predicted octanol–water partition coefficient (Wildman–Crippen LogP) is 3.20. The van der Waals surface area contributed by atoms with E-state index in [1.807, 2.05) is 0 Å². The predicted molar refractivity (Wildman–Crippen MR) is 49.4 cm³/mol. The number of benzene rings is 1. The summed E-state index contributed by atoms with van der Waals surface area (Å²) < 4.78 is 54.2. The van der Waals surface area contributed by atoms with Crippen LogP contribution in [0, 0.1) is 12.7 Å². The quantitative estimate of drug-likeness (QED) is 0.725. The molecule has 0 aliphatic heterocycles. The average molecular weight is 246 g/mol. The Kier molecular flexibility index (Phi) is 2.60. The Hall–Kier alpha value is -1.92. The van der Waals surface area contributed by atoms with Gasteiger partial charge in [-0.1, -0.05) is 6.07 Å². The van der Waals surface area contributed by atoms with Crippen LogP contribution in [-0.4, -0.2) is 10.2 Å². The zero-order valence-corrected chi connectivity index (χ0v) is 8.55. The van der Waals surface area contributed by atoms with Crippen LogP contribution in [0.15, 0.2) is 22.6 Å². The molecule has 0 aliphatic carbocycles. The van der Waals surface area contributed by atoms with Crippen molar-refractivity contribution in [1.82, 2.24) is 10.2 Å². The molecule has 0 aliphatic rings. The van der Waals surface area contributed by atoms with E-state index in [0.717, 1.165) is 6.07 Å². The third-order valence-electron chi connectivity index (χ3n) is 2.09. The van der Waals surface area contributed by atoms with Crippen LogP contribution in [0.1, 0.15) is 11.5 Å². The number of rotatable bonds is 1. The van der Waals surface area contributed by atoms with E-state index < -0.39 is 17.9 Å². The van der Waals surface area contributed by atoms with Crippen LogP contribution in [0.2, 0.25) is 0 Å². The molecule has 0 bridgehead atoms. The van der Waals surface area contributed by atoms with Crippen molar-refractivity contribution < 1.29 is 22.0 Å². The molecule has 2 rings (SSSR count). The van der Waals surface area contributed by atoms with Crippen LogP contribution in [0.25, 0.3) is 11.5 Å². The molecular weight excluding hydrogens is 240 g/mol. The molecule has 1 aromatic carbocycles. The maximum atomic E-state index is 13.2. The first-order chi connectivity index (χ1) is 7.88. The summed E-state index contributed by atoms with van der Waals surface area (Å²) in [5.41, 5.74) is 0.486. The van der Waals surface area contributed by atoms with Crippen molar-refractivity contribution in [3.8, 4) is 11.5 Å². The van der Waals surface area contributed by atoms with E-state index in [-0.39, 0.29) is 11.5 Å². The van der Waals surface area contributed by atoms with Gasteiger partial charge in [-0.05, 0) is 24.6 Å². The largest absolute Gasteiger partial charge is 0.470 e. The Balaban J connectivity index is 2.40. The van der Waals surface area contributed by atoms with E-state index in [4.69, 9.17) is 0 Å². The summed E-state index contributed by atoms with van der Waals surface area (Å²) in [4.78, 5) is 0. The smallest absolute Gasteiger partial charge is 0.413 e. The Labute approximate surface area is 93.1 Å². The molecule has 3 nitrogen and oxygen atoms in total. The van der Waals surface area contributed by atoms with Gasteiger partial charge >= 0.3 is 12.1 Å². The molecule has 0 radical (unpaired) electrons. The first kappa shape index (κ1) is 11.6.